The number of carbonyl (C=O) groups excluding carboxylic acids is 1. The predicted octanol–water partition coefficient (Wildman–Crippen LogP) is 2.90. The molecule has 0 radical (unpaired) electrons. The molecule has 1 fully saturated rings. The smallest absolute Gasteiger partial charge is 0.225 e. The van der Waals surface area contributed by atoms with Crippen molar-refractivity contribution in [3.63, 3.8) is 0 Å². The molecule has 2 heterocycles. The summed E-state index contributed by atoms with van der Waals surface area (Å²) in [6.07, 6.45) is 3.79. The van der Waals surface area contributed by atoms with Crippen molar-refractivity contribution in [1.82, 2.24) is 25.5 Å². The number of hydrogen-bond donors (Lipinski definition) is 2. The van der Waals surface area contributed by atoms with Gasteiger partial charge in [-0.05, 0) is 44.0 Å². The molecule has 1 aliphatic heterocycles. The summed E-state index contributed by atoms with van der Waals surface area (Å²) in [6, 6.07) is 6.89. The van der Waals surface area contributed by atoms with E-state index in [0.717, 1.165) is 5.56 Å². The lowest BCUT2D eigenvalue weighted by atomic mass is 10.1. The molecule has 0 spiro atoms. The number of hydrogen-bond acceptors (Lipinski definition) is 5. The number of nitrogens with zero attached hydrogens (tertiary/aromatic N) is 5. The van der Waals surface area contributed by atoms with Crippen LogP contribution >= 0.6 is 24.0 Å². The van der Waals surface area contributed by atoms with E-state index >= 15 is 0 Å². The van der Waals surface area contributed by atoms with Crippen molar-refractivity contribution in [2.45, 2.75) is 33.2 Å². The first-order valence-corrected chi connectivity index (χ1v) is 11.1. The number of guanidine groups is 1. The molecule has 10 heteroatoms. The average Bonchev–Trinajstić information content (AvgIpc) is 2.81. The van der Waals surface area contributed by atoms with Gasteiger partial charge in [0, 0.05) is 51.5 Å². The van der Waals surface area contributed by atoms with Crippen molar-refractivity contribution < 1.29 is 9.18 Å². The van der Waals surface area contributed by atoms with E-state index < -0.39 is 0 Å². The van der Waals surface area contributed by atoms with Gasteiger partial charge in [-0.3, -0.25) is 9.79 Å². The van der Waals surface area contributed by atoms with Crippen molar-refractivity contribution in [2.75, 3.05) is 44.2 Å². The monoisotopic (exact) mass is 569 g/mol. The summed E-state index contributed by atoms with van der Waals surface area (Å²) >= 11 is 0. The number of piperazine rings is 1. The highest BCUT2D eigenvalue weighted by Crippen LogP contribution is 2.16. The molecule has 1 saturated heterocycles. The molecule has 0 bridgehead atoms. The van der Waals surface area contributed by atoms with E-state index in [0.29, 0.717) is 63.2 Å². The molecular formula is C23H33FIN7O. The second-order valence-corrected chi connectivity index (χ2v) is 7.80. The van der Waals surface area contributed by atoms with Crippen LogP contribution in [-0.4, -0.2) is 66.0 Å². The van der Waals surface area contributed by atoms with E-state index in [1.165, 1.54) is 0 Å². The van der Waals surface area contributed by atoms with Gasteiger partial charge in [0.2, 0.25) is 11.9 Å². The molecule has 1 aliphatic rings. The Morgan fingerprint density at radius 1 is 1.21 bits per heavy atom. The molecule has 180 valence electrons. The Morgan fingerprint density at radius 3 is 2.55 bits per heavy atom. The summed E-state index contributed by atoms with van der Waals surface area (Å²) in [7, 11) is 0. The Hall–Kier alpha value is -2.50. The van der Waals surface area contributed by atoms with Gasteiger partial charge in [-0.15, -0.1) is 24.0 Å². The average molecular weight is 569 g/mol. The van der Waals surface area contributed by atoms with Crippen molar-refractivity contribution >= 4 is 41.8 Å². The minimum atomic E-state index is -0.220. The van der Waals surface area contributed by atoms with Gasteiger partial charge in [-0.25, -0.2) is 14.4 Å². The van der Waals surface area contributed by atoms with Gasteiger partial charge < -0.3 is 20.4 Å². The van der Waals surface area contributed by atoms with E-state index in [1.807, 2.05) is 24.8 Å². The fourth-order valence-corrected chi connectivity index (χ4v) is 3.52. The van der Waals surface area contributed by atoms with Crippen LogP contribution in [0.5, 0.6) is 0 Å². The molecule has 8 nitrogen and oxygen atoms in total. The maximum Gasteiger partial charge on any atom is 0.225 e. The van der Waals surface area contributed by atoms with Crippen LogP contribution < -0.4 is 15.5 Å². The highest BCUT2D eigenvalue weighted by Gasteiger charge is 2.22. The predicted molar refractivity (Wildman–Crippen MR) is 140 cm³/mol. The van der Waals surface area contributed by atoms with Crippen LogP contribution in [0.4, 0.5) is 10.3 Å². The second-order valence-electron chi connectivity index (χ2n) is 7.80. The lowest BCUT2D eigenvalue weighted by Gasteiger charge is -2.34. The number of aliphatic imine (C=N–C) groups is 1. The second kappa shape index (κ2) is 13.3. The van der Waals surface area contributed by atoms with E-state index in [2.05, 4.69) is 30.5 Å². The zero-order valence-corrected chi connectivity index (χ0v) is 21.8. The normalized spacial score (nSPS) is 15.0. The van der Waals surface area contributed by atoms with Gasteiger partial charge in [0.05, 0.1) is 12.6 Å². The third kappa shape index (κ3) is 7.79. The minimum Gasteiger partial charge on any atom is -0.357 e. The fraction of sp³-hybridized carbons (Fsp3) is 0.478. The number of halogens is 2. The summed E-state index contributed by atoms with van der Waals surface area (Å²) in [6.45, 7) is 9.48. The Balaban J connectivity index is 0.00000385. The first-order valence-electron chi connectivity index (χ1n) is 11.1. The molecule has 1 aromatic carbocycles. The van der Waals surface area contributed by atoms with Crippen LogP contribution in [0.2, 0.25) is 0 Å². The quantitative estimate of drug-likeness (QED) is 0.303. The molecule has 33 heavy (non-hydrogen) atoms. The van der Waals surface area contributed by atoms with Crippen molar-refractivity contribution in [1.29, 1.82) is 0 Å². The summed E-state index contributed by atoms with van der Waals surface area (Å²) in [5.74, 6) is 1.18. The van der Waals surface area contributed by atoms with E-state index in [1.54, 1.807) is 37.5 Å². The molecule has 1 unspecified atom stereocenters. The first-order chi connectivity index (χ1) is 15.5. The fourth-order valence-electron chi connectivity index (χ4n) is 3.52. The SMILES string of the molecule is CCNC(=NCCC(=O)N1CCN(c2ncccn2)CC1)NC(C)c1ccc(C)c(F)c1.I. The maximum absolute atomic E-state index is 13.9. The Morgan fingerprint density at radius 2 is 1.91 bits per heavy atom. The first kappa shape index (κ1) is 26.7. The molecule has 0 saturated carbocycles. The van der Waals surface area contributed by atoms with E-state index in [4.69, 9.17) is 0 Å². The number of aromatic nitrogens is 2. The molecular weight excluding hydrogens is 536 g/mol. The molecule has 1 amide bonds. The van der Waals surface area contributed by atoms with Crippen LogP contribution in [0.25, 0.3) is 0 Å². The molecule has 2 N–H and O–H groups in total. The van der Waals surface area contributed by atoms with E-state index in [-0.39, 0.29) is 41.7 Å². The van der Waals surface area contributed by atoms with Gasteiger partial charge in [0.1, 0.15) is 5.82 Å². The van der Waals surface area contributed by atoms with Crippen LogP contribution in [0.15, 0.2) is 41.7 Å². The number of rotatable bonds is 7. The number of anilines is 1. The van der Waals surface area contributed by atoms with Crippen LogP contribution in [-0.2, 0) is 4.79 Å². The van der Waals surface area contributed by atoms with E-state index in [9.17, 15) is 9.18 Å². The van der Waals surface area contributed by atoms with Gasteiger partial charge in [-0.1, -0.05) is 12.1 Å². The van der Waals surface area contributed by atoms with Crippen molar-refractivity contribution in [3.8, 4) is 0 Å². The van der Waals surface area contributed by atoms with Gasteiger partial charge in [-0.2, -0.15) is 0 Å². The van der Waals surface area contributed by atoms with Crippen LogP contribution in [0.1, 0.15) is 37.4 Å². The summed E-state index contributed by atoms with van der Waals surface area (Å²) in [5, 5.41) is 6.47. The molecule has 2 aromatic rings. The molecule has 1 aromatic heterocycles. The van der Waals surface area contributed by atoms with Gasteiger partial charge >= 0.3 is 0 Å². The number of carbonyl (C=O) groups is 1. The molecule has 3 rings (SSSR count). The Kier molecular flexibility index (Phi) is 10.8. The summed E-state index contributed by atoms with van der Waals surface area (Å²) in [5.41, 5.74) is 1.47. The topological polar surface area (TPSA) is 85.8 Å². The molecule has 0 aliphatic carbocycles. The largest absolute Gasteiger partial charge is 0.357 e. The lowest BCUT2D eigenvalue weighted by Crippen LogP contribution is -2.49. The van der Waals surface area contributed by atoms with Crippen LogP contribution in [0.3, 0.4) is 0 Å². The maximum atomic E-state index is 13.9. The summed E-state index contributed by atoms with van der Waals surface area (Å²) in [4.78, 5) is 29.7. The number of benzene rings is 1. The van der Waals surface area contributed by atoms with Gasteiger partial charge in [0.25, 0.3) is 0 Å². The van der Waals surface area contributed by atoms with Gasteiger partial charge in [0.15, 0.2) is 5.96 Å². The van der Waals surface area contributed by atoms with Crippen molar-refractivity contribution in [2.24, 2.45) is 4.99 Å². The third-order valence-corrected chi connectivity index (χ3v) is 5.46. The lowest BCUT2D eigenvalue weighted by molar-refractivity contribution is -0.131. The number of aryl methyl sites for hydroxylation is 1. The number of nitrogens with one attached hydrogen (secondary N) is 2. The highest BCUT2D eigenvalue weighted by atomic mass is 127. The highest BCUT2D eigenvalue weighted by molar-refractivity contribution is 14.0. The Labute approximate surface area is 212 Å². The Bertz CT molecular complexity index is 920. The standard InChI is InChI=1S/C23H32FN7O.HI/c1-4-25-22(29-18(3)19-7-6-17(2)20(24)16-19)26-11-8-21(32)30-12-14-31(15-13-30)23-27-9-5-10-28-23;/h5-7,9-10,16,18H,4,8,11-15H2,1-3H3,(H2,25,26,29);1H. The zero-order valence-electron chi connectivity index (χ0n) is 19.4. The van der Waals surface area contributed by atoms with Crippen LogP contribution in [0, 0.1) is 12.7 Å². The molecule has 1 atom stereocenters. The minimum absolute atomic E-state index is 0. The summed E-state index contributed by atoms with van der Waals surface area (Å²) < 4.78 is 13.9. The third-order valence-electron chi connectivity index (χ3n) is 5.46. The number of amides is 1. The van der Waals surface area contributed by atoms with Crippen molar-refractivity contribution in [3.05, 3.63) is 53.6 Å². The zero-order chi connectivity index (χ0) is 22.9.